The minimum atomic E-state index is 0.0560. The number of aromatic nitrogens is 2. The van der Waals surface area contributed by atoms with Crippen LogP contribution in [0.5, 0.6) is 0 Å². The van der Waals surface area contributed by atoms with E-state index in [1.54, 1.807) is 0 Å². The minimum absolute atomic E-state index is 0.0560. The zero-order valence-electron chi connectivity index (χ0n) is 12.9. The van der Waals surface area contributed by atoms with E-state index in [4.69, 9.17) is 16.6 Å². The predicted octanol–water partition coefficient (Wildman–Crippen LogP) is 4.07. The van der Waals surface area contributed by atoms with Crippen LogP contribution in [0.2, 0.25) is 5.02 Å². The molecule has 0 bridgehead atoms. The minimum Gasteiger partial charge on any atom is -0.350 e. The third kappa shape index (κ3) is 3.37. The SMILES string of the molecule is CCCC(=O)NCc1c(-c2ccc(Cl)cc2)nc2ccccn12. The van der Waals surface area contributed by atoms with E-state index in [-0.39, 0.29) is 5.91 Å². The van der Waals surface area contributed by atoms with Crippen molar-refractivity contribution >= 4 is 23.2 Å². The predicted molar refractivity (Wildman–Crippen MR) is 92.4 cm³/mol. The summed E-state index contributed by atoms with van der Waals surface area (Å²) in [4.78, 5) is 16.5. The molecule has 23 heavy (non-hydrogen) atoms. The van der Waals surface area contributed by atoms with E-state index in [0.29, 0.717) is 18.0 Å². The van der Waals surface area contributed by atoms with Crippen LogP contribution >= 0.6 is 11.6 Å². The monoisotopic (exact) mass is 327 g/mol. The molecule has 0 aliphatic heterocycles. The highest BCUT2D eigenvalue weighted by atomic mass is 35.5. The van der Waals surface area contributed by atoms with Crippen LogP contribution in [0.1, 0.15) is 25.5 Å². The molecule has 4 nitrogen and oxygen atoms in total. The first kappa shape index (κ1) is 15.6. The van der Waals surface area contributed by atoms with Crippen LogP contribution < -0.4 is 5.32 Å². The molecule has 3 aromatic rings. The van der Waals surface area contributed by atoms with Gasteiger partial charge in [0.1, 0.15) is 5.65 Å². The number of carbonyl (C=O) groups is 1. The lowest BCUT2D eigenvalue weighted by atomic mass is 10.1. The quantitative estimate of drug-likeness (QED) is 0.767. The maximum Gasteiger partial charge on any atom is 0.220 e. The molecule has 118 valence electrons. The summed E-state index contributed by atoms with van der Waals surface area (Å²) < 4.78 is 2.01. The molecule has 1 N–H and O–H groups in total. The fourth-order valence-corrected chi connectivity index (χ4v) is 2.68. The molecule has 0 saturated heterocycles. The smallest absolute Gasteiger partial charge is 0.220 e. The number of carbonyl (C=O) groups excluding carboxylic acids is 1. The Morgan fingerprint density at radius 2 is 2.00 bits per heavy atom. The molecule has 1 aromatic carbocycles. The number of nitrogens with one attached hydrogen (secondary N) is 1. The highest BCUT2D eigenvalue weighted by Gasteiger charge is 2.14. The molecule has 0 aliphatic carbocycles. The zero-order chi connectivity index (χ0) is 16.2. The summed E-state index contributed by atoms with van der Waals surface area (Å²) in [6.07, 6.45) is 3.33. The van der Waals surface area contributed by atoms with Gasteiger partial charge in [-0.25, -0.2) is 4.98 Å². The van der Waals surface area contributed by atoms with Gasteiger partial charge in [-0.15, -0.1) is 0 Å². The lowest BCUT2D eigenvalue weighted by Gasteiger charge is -2.07. The number of fused-ring (bicyclic) bond motifs is 1. The van der Waals surface area contributed by atoms with Gasteiger partial charge in [0.25, 0.3) is 0 Å². The molecule has 0 aliphatic rings. The van der Waals surface area contributed by atoms with Gasteiger partial charge in [-0.05, 0) is 30.7 Å². The average molecular weight is 328 g/mol. The van der Waals surface area contributed by atoms with Crippen LogP contribution in [0.4, 0.5) is 0 Å². The Morgan fingerprint density at radius 1 is 1.22 bits per heavy atom. The van der Waals surface area contributed by atoms with E-state index in [2.05, 4.69) is 5.32 Å². The van der Waals surface area contributed by atoms with Gasteiger partial charge < -0.3 is 9.72 Å². The Morgan fingerprint density at radius 3 is 2.74 bits per heavy atom. The molecule has 0 atom stereocenters. The van der Waals surface area contributed by atoms with Gasteiger partial charge in [-0.3, -0.25) is 4.79 Å². The molecule has 0 unspecified atom stereocenters. The van der Waals surface area contributed by atoms with E-state index < -0.39 is 0 Å². The number of benzene rings is 1. The van der Waals surface area contributed by atoms with Crippen LogP contribution in [0.25, 0.3) is 16.9 Å². The van der Waals surface area contributed by atoms with Crippen LogP contribution in [0, 0.1) is 0 Å². The van der Waals surface area contributed by atoms with Crippen molar-refractivity contribution in [2.45, 2.75) is 26.3 Å². The number of halogens is 1. The van der Waals surface area contributed by atoms with Crippen molar-refractivity contribution in [3.8, 4) is 11.3 Å². The molecule has 5 heteroatoms. The van der Waals surface area contributed by atoms with E-state index in [9.17, 15) is 4.79 Å². The van der Waals surface area contributed by atoms with Crippen molar-refractivity contribution in [2.24, 2.45) is 0 Å². The second kappa shape index (κ2) is 6.84. The Bertz CT molecular complexity index is 824. The maximum absolute atomic E-state index is 11.8. The van der Waals surface area contributed by atoms with Gasteiger partial charge in [0.05, 0.1) is 17.9 Å². The topological polar surface area (TPSA) is 46.4 Å². The number of nitrogens with zero attached hydrogens (tertiary/aromatic N) is 2. The van der Waals surface area contributed by atoms with Crippen molar-refractivity contribution < 1.29 is 4.79 Å². The lowest BCUT2D eigenvalue weighted by molar-refractivity contribution is -0.121. The fourth-order valence-electron chi connectivity index (χ4n) is 2.55. The van der Waals surface area contributed by atoms with Crippen molar-refractivity contribution in [3.63, 3.8) is 0 Å². The van der Waals surface area contributed by atoms with Crippen molar-refractivity contribution in [3.05, 3.63) is 59.4 Å². The van der Waals surface area contributed by atoms with Gasteiger partial charge in [-0.1, -0.05) is 36.7 Å². The Labute approximate surface area is 140 Å². The first-order valence-electron chi connectivity index (χ1n) is 7.67. The van der Waals surface area contributed by atoms with E-state index in [0.717, 1.165) is 29.0 Å². The first-order valence-corrected chi connectivity index (χ1v) is 8.05. The molecule has 0 radical (unpaired) electrons. The second-order valence-electron chi connectivity index (χ2n) is 5.37. The molecule has 3 rings (SSSR count). The van der Waals surface area contributed by atoms with E-state index in [1.807, 2.05) is 60.0 Å². The molecular formula is C18H18ClN3O. The van der Waals surface area contributed by atoms with Crippen molar-refractivity contribution in [1.29, 1.82) is 0 Å². The van der Waals surface area contributed by atoms with Gasteiger partial charge in [0, 0.05) is 23.2 Å². The van der Waals surface area contributed by atoms with Gasteiger partial charge in [0.2, 0.25) is 5.91 Å². The largest absolute Gasteiger partial charge is 0.350 e. The third-order valence-electron chi connectivity index (χ3n) is 3.68. The number of amides is 1. The molecular weight excluding hydrogens is 310 g/mol. The number of pyridine rings is 1. The normalized spacial score (nSPS) is 10.9. The Balaban J connectivity index is 2.01. The molecule has 0 saturated carbocycles. The van der Waals surface area contributed by atoms with Crippen LogP contribution in [-0.4, -0.2) is 15.3 Å². The third-order valence-corrected chi connectivity index (χ3v) is 3.93. The number of imidazole rings is 1. The highest BCUT2D eigenvalue weighted by Crippen LogP contribution is 2.25. The maximum atomic E-state index is 11.8. The highest BCUT2D eigenvalue weighted by molar-refractivity contribution is 6.30. The fraction of sp³-hybridized carbons (Fsp3) is 0.222. The summed E-state index contributed by atoms with van der Waals surface area (Å²) in [6, 6.07) is 13.4. The van der Waals surface area contributed by atoms with Crippen molar-refractivity contribution in [1.82, 2.24) is 14.7 Å². The number of rotatable bonds is 5. The number of hydrogen-bond acceptors (Lipinski definition) is 2. The van der Waals surface area contributed by atoms with Gasteiger partial charge in [0.15, 0.2) is 0 Å². The van der Waals surface area contributed by atoms with Gasteiger partial charge >= 0.3 is 0 Å². The summed E-state index contributed by atoms with van der Waals surface area (Å²) in [5.41, 5.74) is 3.67. The summed E-state index contributed by atoms with van der Waals surface area (Å²) >= 11 is 5.97. The Hall–Kier alpha value is -2.33. The summed E-state index contributed by atoms with van der Waals surface area (Å²) in [7, 11) is 0. The molecule has 2 aromatic heterocycles. The molecule has 1 amide bonds. The summed E-state index contributed by atoms with van der Waals surface area (Å²) in [5, 5.41) is 3.66. The van der Waals surface area contributed by atoms with Crippen molar-refractivity contribution in [2.75, 3.05) is 0 Å². The summed E-state index contributed by atoms with van der Waals surface area (Å²) in [5.74, 6) is 0.0560. The number of hydrogen-bond donors (Lipinski definition) is 1. The van der Waals surface area contributed by atoms with Crippen LogP contribution in [0.3, 0.4) is 0 Å². The second-order valence-corrected chi connectivity index (χ2v) is 5.81. The molecule has 0 fully saturated rings. The van der Waals surface area contributed by atoms with Crippen LogP contribution in [0.15, 0.2) is 48.7 Å². The zero-order valence-corrected chi connectivity index (χ0v) is 13.7. The summed E-state index contributed by atoms with van der Waals surface area (Å²) in [6.45, 7) is 2.44. The first-order chi connectivity index (χ1) is 11.2. The Kier molecular flexibility index (Phi) is 4.63. The van der Waals surface area contributed by atoms with E-state index >= 15 is 0 Å². The lowest BCUT2D eigenvalue weighted by Crippen LogP contribution is -2.23. The standard InChI is InChI=1S/C18H18ClN3O/c1-2-5-17(23)20-12-15-18(13-7-9-14(19)10-8-13)21-16-6-3-4-11-22(15)16/h3-4,6-11H,2,5,12H2,1H3,(H,20,23). The van der Waals surface area contributed by atoms with Gasteiger partial charge in [-0.2, -0.15) is 0 Å². The molecule has 2 heterocycles. The van der Waals surface area contributed by atoms with Crippen LogP contribution in [-0.2, 0) is 11.3 Å². The average Bonchev–Trinajstić information content (AvgIpc) is 2.92. The van der Waals surface area contributed by atoms with E-state index in [1.165, 1.54) is 0 Å². The molecule has 0 spiro atoms.